The molecule has 0 saturated carbocycles. The van der Waals surface area contributed by atoms with E-state index >= 15 is 0 Å². The van der Waals surface area contributed by atoms with E-state index in [1.807, 2.05) is 31.2 Å². The highest BCUT2D eigenvalue weighted by molar-refractivity contribution is 7.12. The van der Waals surface area contributed by atoms with Crippen LogP contribution in [0.4, 0.5) is 0 Å². The lowest BCUT2D eigenvalue weighted by Crippen LogP contribution is -2.34. The summed E-state index contributed by atoms with van der Waals surface area (Å²) < 4.78 is 6.58. The molecule has 0 saturated heterocycles. The molecular formula is C21H18ClN3O3S. The molecule has 29 heavy (non-hydrogen) atoms. The van der Waals surface area contributed by atoms with E-state index in [9.17, 15) is 9.59 Å². The summed E-state index contributed by atoms with van der Waals surface area (Å²) in [5, 5.41) is 4.33. The number of oxazole rings is 1. The molecule has 1 unspecified atom stereocenters. The molecule has 0 aliphatic carbocycles. The Hall–Kier alpha value is -2.90. The molecule has 1 amide bonds. The smallest absolute Gasteiger partial charge is 0.408 e. The van der Waals surface area contributed by atoms with Crippen molar-refractivity contribution in [3.8, 4) is 11.3 Å². The quantitative estimate of drug-likeness (QED) is 0.506. The second-order valence-corrected chi connectivity index (χ2v) is 8.34. The number of fused-ring (bicyclic) bond motifs is 1. The van der Waals surface area contributed by atoms with E-state index < -0.39 is 11.8 Å². The van der Waals surface area contributed by atoms with E-state index in [1.54, 1.807) is 31.2 Å². The summed E-state index contributed by atoms with van der Waals surface area (Å²) in [6.45, 7) is 3.95. The number of hydrogen-bond acceptors (Lipinski definition) is 5. The van der Waals surface area contributed by atoms with Gasteiger partial charge in [0, 0.05) is 15.5 Å². The van der Waals surface area contributed by atoms with Gasteiger partial charge in [-0.25, -0.2) is 9.78 Å². The molecule has 0 radical (unpaired) electrons. The summed E-state index contributed by atoms with van der Waals surface area (Å²) in [6.07, 6.45) is 0. The number of rotatable bonds is 5. The zero-order valence-corrected chi connectivity index (χ0v) is 17.4. The molecule has 0 bridgehead atoms. The maximum atomic E-state index is 12.7. The van der Waals surface area contributed by atoms with Crippen molar-refractivity contribution in [3.63, 3.8) is 0 Å². The van der Waals surface area contributed by atoms with Crippen molar-refractivity contribution in [1.29, 1.82) is 0 Å². The Labute approximate surface area is 175 Å². The van der Waals surface area contributed by atoms with Crippen LogP contribution in [0.1, 0.15) is 22.9 Å². The lowest BCUT2D eigenvalue weighted by molar-refractivity contribution is -0.124. The van der Waals surface area contributed by atoms with Gasteiger partial charge < -0.3 is 9.73 Å². The van der Waals surface area contributed by atoms with Gasteiger partial charge in [0.1, 0.15) is 11.0 Å². The molecule has 6 nitrogen and oxygen atoms in total. The first-order valence-electron chi connectivity index (χ1n) is 9.04. The van der Waals surface area contributed by atoms with Gasteiger partial charge in [-0.1, -0.05) is 35.9 Å². The molecule has 0 aliphatic rings. The molecule has 1 atom stereocenters. The van der Waals surface area contributed by atoms with Gasteiger partial charge in [0.05, 0.1) is 17.8 Å². The Morgan fingerprint density at radius 2 is 1.97 bits per heavy atom. The van der Waals surface area contributed by atoms with Crippen LogP contribution < -0.4 is 11.1 Å². The Kier molecular flexibility index (Phi) is 5.25. The third kappa shape index (κ3) is 3.83. The highest BCUT2D eigenvalue weighted by Gasteiger charge is 2.21. The van der Waals surface area contributed by atoms with Gasteiger partial charge in [-0.2, -0.15) is 0 Å². The number of aromatic nitrogens is 2. The van der Waals surface area contributed by atoms with E-state index in [1.165, 1.54) is 15.9 Å². The summed E-state index contributed by atoms with van der Waals surface area (Å²) in [5.41, 5.74) is 2.90. The molecule has 2 aromatic heterocycles. The van der Waals surface area contributed by atoms with Gasteiger partial charge in [-0.05, 0) is 38.1 Å². The lowest BCUT2D eigenvalue weighted by Gasteiger charge is -2.12. The summed E-state index contributed by atoms with van der Waals surface area (Å²) in [4.78, 5) is 30.5. The first-order valence-corrected chi connectivity index (χ1v) is 10.2. The zero-order chi connectivity index (χ0) is 20.5. The Morgan fingerprint density at radius 3 is 2.72 bits per heavy atom. The van der Waals surface area contributed by atoms with Gasteiger partial charge in [-0.3, -0.25) is 9.36 Å². The number of hydrogen-bond donors (Lipinski definition) is 1. The van der Waals surface area contributed by atoms with E-state index in [4.69, 9.17) is 16.0 Å². The number of para-hydroxylation sites is 2. The predicted molar refractivity (Wildman–Crippen MR) is 114 cm³/mol. The molecule has 0 spiro atoms. The van der Waals surface area contributed by atoms with Gasteiger partial charge in [-0.15, -0.1) is 11.3 Å². The van der Waals surface area contributed by atoms with Crippen LogP contribution in [-0.4, -0.2) is 15.5 Å². The zero-order valence-electron chi connectivity index (χ0n) is 15.8. The second kappa shape index (κ2) is 7.85. The highest BCUT2D eigenvalue weighted by atomic mass is 35.5. The first-order chi connectivity index (χ1) is 13.9. The number of nitrogens with one attached hydrogen (secondary N) is 1. The van der Waals surface area contributed by atoms with Crippen LogP contribution in [-0.2, 0) is 11.3 Å². The van der Waals surface area contributed by atoms with Gasteiger partial charge in [0.15, 0.2) is 5.58 Å². The third-order valence-electron chi connectivity index (χ3n) is 4.66. The van der Waals surface area contributed by atoms with Crippen molar-refractivity contribution in [3.05, 3.63) is 74.0 Å². The van der Waals surface area contributed by atoms with Crippen LogP contribution in [0.15, 0.2) is 57.7 Å². The first kappa shape index (κ1) is 19.4. The molecule has 148 valence electrons. The summed E-state index contributed by atoms with van der Waals surface area (Å²) >= 11 is 7.48. The lowest BCUT2D eigenvalue weighted by atomic mass is 10.1. The molecule has 4 aromatic rings. The van der Waals surface area contributed by atoms with Crippen molar-refractivity contribution >= 4 is 39.9 Å². The number of carbonyl (C=O) groups excluding carboxylic acids is 1. The minimum atomic E-state index is -0.706. The monoisotopic (exact) mass is 427 g/mol. The summed E-state index contributed by atoms with van der Waals surface area (Å²) in [6, 6.07) is 13.8. The Balaban J connectivity index is 1.50. The Bertz CT molecular complexity index is 1240. The number of carbonyl (C=O) groups is 1. The van der Waals surface area contributed by atoms with Crippen molar-refractivity contribution in [2.24, 2.45) is 0 Å². The average Bonchev–Trinajstić information content (AvgIpc) is 3.25. The number of thiazole rings is 1. The minimum absolute atomic E-state index is 0.278. The molecule has 8 heteroatoms. The van der Waals surface area contributed by atoms with Crippen LogP contribution in [0.5, 0.6) is 0 Å². The molecule has 0 aliphatic heterocycles. The number of amides is 1. The van der Waals surface area contributed by atoms with Crippen LogP contribution in [0, 0.1) is 6.92 Å². The maximum Gasteiger partial charge on any atom is 0.420 e. The number of aryl methyl sites for hydroxylation is 1. The number of halogens is 1. The average molecular weight is 428 g/mol. The standard InChI is InChI=1S/C21H18ClN3O3S/c1-12(25-16-5-3-4-6-17(16)28-21(25)27)20(26)23-11-18-24-19(13(2)29-18)14-7-9-15(22)10-8-14/h3-10,12H,11H2,1-2H3,(H,23,26). The van der Waals surface area contributed by atoms with Crippen LogP contribution in [0.25, 0.3) is 22.4 Å². The van der Waals surface area contributed by atoms with Crippen molar-refractivity contribution < 1.29 is 9.21 Å². The predicted octanol–water partition coefficient (Wildman–Crippen LogP) is 4.56. The van der Waals surface area contributed by atoms with E-state index in [2.05, 4.69) is 10.3 Å². The topological polar surface area (TPSA) is 77.1 Å². The number of nitrogens with zero attached hydrogens (tertiary/aromatic N) is 2. The summed E-state index contributed by atoms with van der Waals surface area (Å²) in [5.74, 6) is -0.830. The highest BCUT2D eigenvalue weighted by Crippen LogP contribution is 2.28. The van der Waals surface area contributed by atoms with Gasteiger partial charge >= 0.3 is 5.76 Å². The molecule has 2 heterocycles. The van der Waals surface area contributed by atoms with Crippen molar-refractivity contribution in [2.75, 3.05) is 0 Å². The number of benzene rings is 2. The fourth-order valence-corrected chi connectivity index (χ4v) is 4.20. The van der Waals surface area contributed by atoms with Crippen LogP contribution in [0.3, 0.4) is 0 Å². The maximum absolute atomic E-state index is 12.7. The van der Waals surface area contributed by atoms with Crippen molar-refractivity contribution in [1.82, 2.24) is 14.9 Å². The van der Waals surface area contributed by atoms with Gasteiger partial charge in [0.25, 0.3) is 0 Å². The SMILES string of the molecule is Cc1sc(CNC(=O)C(C)n2c(=O)oc3ccccc32)nc1-c1ccc(Cl)cc1. The van der Waals surface area contributed by atoms with Gasteiger partial charge in [0.2, 0.25) is 5.91 Å². The minimum Gasteiger partial charge on any atom is -0.408 e. The largest absolute Gasteiger partial charge is 0.420 e. The van der Waals surface area contributed by atoms with E-state index in [0.29, 0.717) is 16.1 Å². The Morgan fingerprint density at radius 1 is 1.24 bits per heavy atom. The van der Waals surface area contributed by atoms with E-state index in [-0.39, 0.29) is 12.5 Å². The fraction of sp³-hybridized carbons (Fsp3) is 0.190. The molecular weight excluding hydrogens is 410 g/mol. The summed E-state index contributed by atoms with van der Waals surface area (Å²) in [7, 11) is 0. The third-order valence-corrected chi connectivity index (χ3v) is 5.88. The second-order valence-electron chi connectivity index (χ2n) is 6.62. The molecule has 1 N–H and O–H groups in total. The normalized spacial score (nSPS) is 12.2. The fourth-order valence-electron chi connectivity index (χ4n) is 3.18. The molecule has 2 aromatic carbocycles. The van der Waals surface area contributed by atoms with Crippen LogP contribution in [0.2, 0.25) is 5.02 Å². The molecule has 0 fully saturated rings. The molecule has 4 rings (SSSR count). The van der Waals surface area contributed by atoms with Crippen molar-refractivity contribution in [2.45, 2.75) is 26.4 Å². The van der Waals surface area contributed by atoms with E-state index in [0.717, 1.165) is 21.1 Å². The van der Waals surface area contributed by atoms with Crippen LogP contribution >= 0.6 is 22.9 Å².